The van der Waals surface area contributed by atoms with E-state index in [2.05, 4.69) is 41.0 Å². The van der Waals surface area contributed by atoms with Gasteiger partial charge in [0.2, 0.25) is 0 Å². The highest BCUT2D eigenvalue weighted by Gasteiger charge is 2.27. The molecule has 0 aromatic heterocycles. The molecule has 122 valence electrons. The molecule has 3 heteroatoms. The molecule has 0 unspecified atom stereocenters. The molecule has 3 nitrogen and oxygen atoms in total. The molecule has 2 aliphatic rings. The van der Waals surface area contributed by atoms with Gasteiger partial charge in [0.1, 0.15) is 5.75 Å². The number of benzene rings is 1. The maximum atomic E-state index is 5.23. The molecule has 22 heavy (non-hydrogen) atoms. The van der Waals surface area contributed by atoms with Crippen LogP contribution in [0.2, 0.25) is 0 Å². The third-order valence-electron chi connectivity index (χ3n) is 5.33. The van der Waals surface area contributed by atoms with Crippen LogP contribution in [0, 0.1) is 5.92 Å². The molecule has 3 rings (SSSR count). The van der Waals surface area contributed by atoms with Crippen LogP contribution in [0.5, 0.6) is 5.75 Å². The molecule has 2 aliphatic heterocycles. The van der Waals surface area contributed by atoms with Crippen LogP contribution in [-0.2, 0) is 6.54 Å². The molecule has 2 heterocycles. The highest BCUT2D eigenvalue weighted by atomic mass is 16.5. The third-order valence-corrected chi connectivity index (χ3v) is 5.33. The van der Waals surface area contributed by atoms with Crippen molar-refractivity contribution in [3.63, 3.8) is 0 Å². The number of piperidine rings is 2. The Morgan fingerprint density at radius 1 is 1.05 bits per heavy atom. The smallest absolute Gasteiger partial charge is 0.118 e. The standard InChI is InChI=1S/C19H30N2O/c1-16-4-3-11-21(14-16)18-9-12-20(13-10-18)15-17-5-7-19(22-2)8-6-17/h5-8,16,18H,3-4,9-15H2,1-2H3/t16-/m0/s1. The Morgan fingerprint density at radius 3 is 2.41 bits per heavy atom. The summed E-state index contributed by atoms with van der Waals surface area (Å²) in [5.41, 5.74) is 1.39. The predicted octanol–water partition coefficient (Wildman–Crippen LogP) is 3.39. The molecule has 0 aliphatic carbocycles. The number of nitrogens with zero attached hydrogens (tertiary/aromatic N) is 2. The van der Waals surface area contributed by atoms with Gasteiger partial charge in [0, 0.05) is 19.1 Å². The van der Waals surface area contributed by atoms with Gasteiger partial charge in [-0.3, -0.25) is 4.90 Å². The molecule has 0 N–H and O–H groups in total. The predicted molar refractivity (Wildman–Crippen MR) is 91.3 cm³/mol. The van der Waals surface area contributed by atoms with Crippen molar-refractivity contribution in [2.75, 3.05) is 33.3 Å². The number of rotatable bonds is 4. The fourth-order valence-corrected chi connectivity index (χ4v) is 3.99. The quantitative estimate of drug-likeness (QED) is 0.848. The number of ether oxygens (including phenoxy) is 1. The van der Waals surface area contributed by atoms with Crippen molar-refractivity contribution in [1.29, 1.82) is 0 Å². The topological polar surface area (TPSA) is 15.7 Å². The molecule has 2 fully saturated rings. The number of hydrogen-bond donors (Lipinski definition) is 0. The molecule has 1 aromatic carbocycles. The second-order valence-electron chi connectivity index (χ2n) is 7.10. The monoisotopic (exact) mass is 302 g/mol. The average molecular weight is 302 g/mol. The van der Waals surface area contributed by atoms with Crippen molar-refractivity contribution in [1.82, 2.24) is 9.80 Å². The Bertz CT molecular complexity index is 451. The molecule has 0 bridgehead atoms. The second kappa shape index (κ2) is 7.47. The van der Waals surface area contributed by atoms with E-state index in [1.807, 2.05) is 0 Å². The van der Waals surface area contributed by atoms with Gasteiger partial charge in [-0.25, -0.2) is 0 Å². The zero-order chi connectivity index (χ0) is 15.4. The Morgan fingerprint density at radius 2 is 1.77 bits per heavy atom. The first-order chi connectivity index (χ1) is 10.7. The van der Waals surface area contributed by atoms with Gasteiger partial charge in [0.05, 0.1) is 7.11 Å². The SMILES string of the molecule is COc1ccc(CN2CCC(N3CCC[C@H](C)C3)CC2)cc1. The van der Waals surface area contributed by atoms with Crippen LogP contribution >= 0.6 is 0 Å². The normalized spacial score (nSPS) is 25.3. The van der Waals surface area contributed by atoms with Crippen molar-refractivity contribution < 1.29 is 4.74 Å². The van der Waals surface area contributed by atoms with Gasteiger partial charge in [0.25, 0.3) is 0 Å². The van der Waals surface area contributed by atoms with E-state index in [4.69, 9.17) is 4.74 Å². The first kappa shape index (κ1) is 15.8. The van der Waals surface area contributed by atoms with Gasteiger partial charge in [-0.1, -0.05) is 19.1 Å². The lowest BCUT2D eigenvalue weighted by Gasteiger charge is -2.41. The lowest BCUT2D eigenvalue weighted by atomic mass is 9.95. The largest absolute Gasteiger partial charge is 0.497 e. The summed E-state index contributed by atoms with van der Waals surface area (Å²) in [6.45, 7) is 8.61. The second-order valence-corrected chi connectivity index (χ2v) is 7.10. The average Bonchev–Trinajstić information content (AvgIpc) is 2.56. The summed E-state index contributed by atoms with van der Waals surface area (Å²) < 4.78 is 5.23. The zero-order valence-corrected chi connectivity index (χ0v) is 14.1. The van der Waals surface area contributed by atoms with Gasteiger partial charge in [-0.05, 0) is 68.9 Å². The highest BCUT2D eigenvalue weighted by molar-refractivity contribution is 5.27. The van der Waals surface area contributed by atoms with Crippen LogP contribution in [0.1, 0.15) is 38.2 Å². The van der Waals surface area contributed by atoms with Gasteiger partial charge in [0.15, 0.2) is 0 Å². The Labute approximate surface area is 135 Å². The van der Waals surface area contributed by atoms with Gasteiger partial charge in [-0.2, -0.15) is 0 Å². The third kappa shape index (κ3) is 4.02. The fraction of sp³-hybridized carbons (Fsp3) is 0.684. The van der Waals surface area contributed by atoms with Gasteiger partial charge < -0.3 is 9.64 Å². The van der Waals surface area contributed by atoms with Crippen molar-refractivity contribution in [3.05, 3.63) is 29.8 Å². The summed E-state index contributed by atoms with van der Waals surface area (Å²) in [5, 5.41) is 0. The van der Waals surface area contributed by atoms with E-state index < -0.39 is 0 Å². The maximum Gasteiger partial charge on any atom is 0.118 e. The minimum atomic E-state index is 0.829. The summed E-state index contributed by atoms with van der Waals surface area (Å²) in [6, 6.07) is 9.35. The minimum absolute atomic E-state index is 0.829. The Hall–Kier alpha value is -1.06. The molecule has 0 radical (unpaired) electrons. The van der Waals surface area contributed by atoms with Crippen molar-refractivity contribution in [2.24, 2.45) is 5.92 Å². The van der Waals surface area contributed by atoms with Gasteiger partial charge in [-0.15, -0.1) is 0 Å². The van der Waals surface area contributed by atoms with E-state index in [9.17, 15) is 0 Å². The highest BCUT2D eigenvalue weighted by Crippen LogP contribution is 2.24. The van der Waals surface area contributed by atoms with Crippen LogP contribution in [0.3, 0.4) is 0 Å². The van der Waals surface area contributed by atoms with Crippen molar-refractivity contribution in [3.8, 4) is 5.75 Å². The van der Waals surface area contributed by atoms with Crippen molar-refractivity contribution >= 4 is 0 Å². The van der Waals surface area contributed by atoms with Crippen molar-refractivity contribution in [2.45, 2.75) is 45.2 Å². The van der Waals surface area contributed by atoms with Crippen LogP contribution in [0.4, 0.5) is 0 Å². The Kier molecular flexibility index (Phi) is 5.37. The summed E-state index contributed by atoms with van der Waals surface area (Å²) in [4.78, 5) is 5.37. The first-order valence-electron chi connectivity index (χ1n) is 8.84. The van der Waals surface area contributed by atoms with E-state index in [1.54, 1.807) is 7.11 Å². The first-order valence-corrected chi connectivity index (χ1v) is 8.84. The van der Waals surface area contributed by atoms with Crippen LogP contribution < -0.4 is 4.74 Å². The molecule has 1 aromatic rings. The molecular weight excluding hydrogens is 272 g/mol. The maximum absolute atomic E-state index is 5.23. The number of hydrogen-bond acceptors (Lipinski definition) is 3. The van der Waals surface area contributed by atoms with Crippen LogP contribution in [0.25, 0.3) is 0 Å². The van der Waals surface area contributed by atoms with E-state index in [0.29, 0.717) is 0 Å². The van der Waals surface area contributed by atoms with Gasteiger partial charge >= 0.3 is 0 Å². The Balaban J connectivity index is 1.46. The summed E-state index contributed by atoms with van der Waals surface area (Å²) >= 11 is 0. The lowest BCUT2D eigenvalue weighted by Crippen LogP contribution is -2.47. The summed E-state index contributed by atoms with van der Waals surface area (Å²) in [7, 11) is 1.72. The van der Waals surface area contributed by atoms with E-state index in [0.717, 1.165) is 24.3 Å². The van der Waals surface area contributed by atoms with Crippen LogP contribution in [-0.4, -0.2) is 49.1 Å². The minimum Gasteiger partial charge on any atom is -0.497 e. The van der Waals surface area contributed by atoms with Crippen LogP contribution in [0.15, 0.2) is 24.3 Å². The molecular formula is C19H30N2O. The summed E-state index contributed by atoms with van der Waals surface area (Å²) in [5.74, 6) is 1.84. The molecule has 1 atom stereocenters. The number of methoxy groups -OCH3 is 1. The number of likely N-dealkylation sites (tertiary alicyclic amines) is 2. The molecule has 0 amide bonds. The van der Waals surface area contributed by atoms with E-state index >= 15 is 0 Å². The molecule has 0 spiro atoms. The van der Waals surface area contributed by atoms with E-state index in [-0.39, 0.29) is 0 Å². The zero-order valence-electron chi connectivity index (χ0n) is 14.1. The fourth-order valence-electron chi connectivity index (χ4n) is 3.99. The summed E-state index contributed by atoms with van der Waals surface area (Å²) in [6.07, 6.45) is 5.49. The molecule has 0 saturated carbocycles. The lowest BCUT2D eigenvalue weighted by molar-refractivity contribution is 0.0729. The molecule has 2 saturated heterocycles. The van der Waals surface area contributed by atoms with E-state index in [1.165, 1.54) is 57.4 Å².